The topological polar surface area (TPSA) is 102 Å². The van der Waals surface area contributed by atoms with Crippen molar-refractivity contribution in [2.24, 2.45) is 16.6 Å². The van der Waals surface area contributed by atoms with Crippen LogP contribution in [0.1, 0.15) is 43.5 Å². The van der Waals surface area contributed by atoms with Gasteiger partial charge in [0.15, 0.2) is 11.7 Å². The molecule has 0 saturated heterocycles. The monoisotopic (exact) mass is 452 g/mol. The van der Waals surface area contributed by atoms with Gasteiger partial charge in [0.1, 0.15) is 12.3 Å². The van der Waals surface area contributed by atoms with E-state index in [4.69, 9.17) is 14.9 Å². The number of ether oxygens (including phenoxy) is 1. The fraction of sp³-hybridized carbons (Fsp3) is 0.625. The molecule has 8 heteroatoms. The molecule has 0 spiro atoms. The van der Waals surface area contributed by atoms with Crippen LogP contribution in [0.3, 0.4) is 0 Å². The van der Waals surface area contributed by atoms with E-state index < -0.39 is 5.91 Å². The molecule has 24 heavy (non-hydrogen) atoms. The van der Waals surface area contributed by atoms with Crippen molar-refractivity contribution < 1.29 is 13.9 Å². The Hall–Kier alpha value is -1.29. The Morgan fingerprint density at radius 3 is 2.67 bits per heavy atom. The van der Waals surface area contributed by atoms with Crippen molar-refractivity contribution in [2.75, 3.05) is 26.3 Å². The van der Waals surface area contributed by atoms with Crippen LogP contribution >= 0.6 is 24.0 Å². The minimum atomic E-state index is -0.580. The Morgan fingerprint density at radius 2 is 2.08 bits per heavy atom. The van der Waals surface area contributed by atoms with E-state index in [0.717, 1.165) is 19.6 Å². The van der Waals surface area contributed by atoms with E-state index in [1.165, 1.54) is 0 Å². The molecular formula is C16H29IN4O3. The molecule has 1 aromatic rings. The molecule has 0 atom stereocenters. The smallest absolute Gasteiger partial charge is 0.284 e. The van der Waals surface area contributed by atoms with Crippen molar-refractivity contribution in [1.82, 2.24) is 10.6 Å². The average molecular weight is 452 g/mol. The third-order valence-electron chi connectivity index (χ3n) is 3.02. The Morgan fingerprint density at radius 1 is 1.33 bits per heavy atom. The van der Waals surface area contributed by atoms with E-state index >= 15 is 0 Å². The first-order valence-electron chi connectivity index (χ1n) is 8.01. The molecule has 0 aromatic carbocycles. The lowest BCUT2D eigenvalue weighted by Gasteiger charge is -2.11. The maximum atomic E-state index is 11.0. The first kappa shape index (κ1) is 22.7. The zero-order valence-corrected chi connectivity index (χ0v) is 17.0. The van der Waals surface area contributed by atoms with Gasteiger partial charge in [-0.15, -0.1) is 24.0 Å². The van der Waals surface area contributed by atoms with Crippen LogP contribution in [-0.2, 0) is 11.3 Å². The lowest BCUT2D eigenvalue weighted by atomic mass is 10.1. The quantitative estimate of drug-likeness (QED) is 0.219. The van der Waals surface area contributed by atoms with Crippen LogP contribution in [0.15, 0.2) is 21.5 Å². The fourth-order valence-electron chi connectivity index (χ4n) is 1.76. The number of guanidine groups is 1. The van der Waals surface area contributed by atoms with Gasteiger partial charge in [0, 0.05) is 19.7 Å². The van der Waals surface area contributed by atoms with Crippen LogP contribution in [0.2, 0.25) is 0 Å². The summed E-state index contributed by atoms with van der Waals surface area (Å²) in [4.78, 5) is 15.4. The summed E-state index contributed by atoms with van der Waals surface area (Å²) in [5.41, 5.74) is 5.15. The van der Waals surface area contributed by atoms with Gasteiger partial charge in [-0.25, -0.2) is 4.99 Å². The maximum Gasteiger partial charge on any atom is 0.284 e. The first-order valence-corrected chi connectivity index (χ1v) is 8.01. The van der Waals surface area contributed by atoms with Crippen molar-refractivity contribution in [3.63, 3.8) is 0 Å². The molecule has 1 aromatic heterocycles. The van der Waals surface area contributed by atoms with Gasteiger partial charge in [-0.2, -0.15) is 0 Å². The predicted molar refractivity (Wildman–Crippen MR) is 106 cm³/mol. The molecule has 1 rings (SSSR count). The average Bonchev–Trinajstić information content (AvgIpc) is 2.97. The zero-order chi connectivity index (χ0) is 17.1. The number of hydrogen-bond acceptors (Lipinski definition) is 4. The highest BCUT2D eigenvalue weighted by Gasteiger charge is 2.06. The molecule has 0 aliphatic rings. The summed E-state index contributed by atoms with van der Waals surface area (Å²) in [6.07, 6.45) is 1.06. The number of hydrogen-bond donors (Lipinski definition) is 3. The molecule has 0 saturated carbocycles. The number of nitrogens with zero attached hydrogens (tertiary/aromatic N) is 1. The second kappa shape index (κ2) is 13.1. The number of nitrogens with one attached hydrogen (secondary N) is 2. The SMILES string of the molecule is CCNC(=NCc1ccc(C(N)=O)o1)NCCOCCC(C)C.I. The number of halogens is 1. The largest absolute Gasteiger partial charge is 0.454 e. The molecule has 138 valence electrons. The summed E-state index contributed by atoms with van der Waals surface area (Å²) in [6, 6.07) is 3.25. The molecule has 0 aliphatic heterocycles. The van der Waals surface area contributed by atoms with E-state index in [0.29, 0.717) is 37.3 Å². The van der Waals surface area contributed by atoms with Gasteiger partial charge in [0.2, 0.25) is 0 Å². The van der Waals surface area contributed by atoms with Gasteiger partial charge in [0.25, 0.3) is 5.91 Å². The van der Waals surface area contributed by atoms with E-state index in [9.17, 15) is 4.79 Å². The van der Waals surface area contributed by atoms with Crippen molar-refractivity contribution >= 4 is 35.8 Å². The number of nitrogens with two attached hydrogens (primary N) is 1. The van der Waals surface area contributed by atoms with Crippen LogP contribution < -0.4 is 16.4 Å². The van der Waals surface area contributed by atoms with E-state index in [2.05, 4.69) is 29.5 Å². The second-order valence-electron chi connectivity index (χ2n) is 5.55. The molecule has 0 fully saturated rings. The number of furan rings is 1. The minimum absolute atomic E-state index is 0. The third kappa shape index (κ3) is 9.76. The number of carbonyl (C=O) groups excluding carboxylic acids is 1. The lowest BCUT2D eigenvalue weighted by Crippen LogP contribution is -2.39. The van der Waals surface area contributed by atoms with Gasteiger partial charge in [0.05, 0.1) is 6.61 Å². The number of rotatable bonds is 10. The maximum absolute atomic E-state index is 11.0. The highest BCUT2D eigenvalue weighted by atomic mass is 127. The van der Waals surface area contributed by atoms with Crippen LogP contribution in [-0.4, -0.2) is 38.2 Å². The standard InChI is InChI=1S/C16H28N4O3.HI/c1-4-18-16(19-8-10-22-9-7-12(2)3)20-11-13-5-6-14(23-13)15(17)21;/h5-6,12H,4,7-11H2,1-3H3,(H2,17,21)(H2,18,19,20);1H. The third-order valence-corrected chi connectivity index (χ3v) is 3.02. The number of aliphatic imine (C=N–C) groups is 1. The fourth-order valence-corrected chi connectivity index (χ4v) is 1.76. The molecule has 4 N–H and O–H groups in total. The van der Waals surface area contributed by atoms with Gasteiger partial charge < -0.3 is 25.5 Å². The number of carbonyl (C=O) groups is 1. The molecular weight excluding hydrogens is 423 g/mol. The molecule has 0 bridgehead atoms. The normalized spacial score (nSPS) is 11.2. The Balaban J connectivity index is 0.00000529. The molecule has 1 amide bonds. The second-order valence-corrected chi connectivity index (χ2v) is 5.55. The zero-order valence-electron chi connectivity index (χ0n) is 14.6. The summed E-state index contributed by atoms with van der Waals surface area (Å²) in [5, 5.41) is 6.33. The summed E-state index contributed by atoms with van der Waals surface area (Å²) in [6.45, 7) is 9.51. The first-order chi connectivity index (χ1) is 11.0. The van der Waals surface area contributed by atoms with Gasteiger partial charge in [-0.3, -0.25) is 4.79 Å². The van der Waals surface area contributed by atoms with Crippen molar-refractivity contribution in [3.05, 3.63) is 23.7 Å². The molecule has 0 unspecified atom stereocenters. The van der Waals surface area contributed by atoms with E-state index in [-0.39, 0.29) is 29.7 Å². The summed E-state index contributed by atoms with van der Waals surface area (Å²) >= 11 is 0. The molecule has 7 nitrogen and oxygen atoms in total. The van der Waals surface area contributed by atoms with Crippen molar-refractivity contribution in [2.45, 2.75) is 33.7 Å². The van der Waals surface area contributed by atoms with Crippen molar-refractivity contribution in [1.29, 1.82) is 0 Å². The highest BCUT2D eigenvalue weighted by molar-refractivity contribution is 14.0. The minimum Gasteiger partial charge on any atom is -0.454 e. The van der Waals surface area contributed by atoms with Gasteiger partial charge >= 0.3 is 0 Å². The molecule has 1 heterocycles. The molecule has 0 aliphatic carbocycles. The summed E-state index contributed by atoms with van der Waals surface area (Å²) in [7, 11) is 0. The van der Waals surface area contributed by atoms with Crippen LogP contribution in [0, 0.1) is 5.92 Å². The highest BCUT2D eigenvalue weighted by Crippen LogP contribution is 2.08. The Bertz CT molecular complexity index is 503. The van der Waals surface area contributed by atoms with Crippen LogP contribution in [0.5, 0.6) is 0 Å². The van der Waals surface area contributed by atoms with Gasteiger partial charge in [-0.1, -0.05) is 13.8 Å². The predicted octanol–water partition coefficient (Wildman–Crippen LogP) is 2.11. The molecule has 0 radical (unpaired) electrons. The van der Waals surface area contributed by atoms with Crippen LogP contribution in [0.25, 0.3) is 0 Å². The number of amides is 1. The van der Waals surface area contributed by atoms with Crippen molar-refractivity contribution in [3.8, 4) is 0 Å². The van der Waals surface area contributed by atoms with E-state index in [1.807, 2.05) is 6.92 Å². The Kier molecular flexibility index (Phi) is 12.4. The summed E-state index contributed by atoms with van der Waals surface area (Å²) < 4.78 is 10.8. The number of primary amides is 1. The summed E-state index contributed by atoms with van der Waals surface area (Å²) in [5.74, 6) is 1.48. The Labute approximate surface area is 160 Å². The lowest BCUT2D eigenvalue weighted by molar-refractivity contribution is 0.0972. The van der Waals surface area contributed by atoms with E-state index in [1.54, 1.807) is 12.1 Å². The van der Waals surface area contributed by atoms with Crippen LogP contribution in [0.4, 0.5) is 0 Å². The van der Waals surface area contributed by atoms with Gasteiger partial charge in [-0.05, 0) is 31.4 Å².